The molecule has 0 heterocycles. The van der Waals surface area contributed by atoms with Gasteiger partial charge in [-0.05, 0) is 0 Å². The fourth-order valence-corrected chi connectivity index (χ4v) is 0. The molecule has 0 atom stereocenters. The summed E-state index contributed by atoms with van der Waals surface area (Å²) in [6.07, 6.45) is 0. The van der Waals surface area contributed by atoms with Crippen molar-refractivity contribution in [3.8, 4) is 0 Å². The normalized spacial score (nSPS) is 6.44. The van der Waals surface area contributed by atoms with E-state index < -0.39 is 16.7 Å². The van der Waals surface area contributed by atoms with Gasteiger partial charge in [-0.1, -0.05) is 0 Å². The van der Waals surface area contributed by atoms with E-state index in [1.54, 1.807) is 0 Å². The van der Waals surface area contributed by atoms with Crippen molar-refractivity contribution >= 4 is 0 Å². The zero-order valence-electron chi connectivity index (χ0n) is 5.04. The van der Waals surface area contributed by atoms with Gasteiger partial charge in [0.25, 0.3) is 0 Å². The van der Waals surface area contributed by atoms with Crippen molar-refractivity contribution in [3.05, 3.63) is 0 Å². The van der Waals surface area contributed by atoms with E-state index in [1.807, 2.05) is 0 Å². The van der Waals surface area contributed by atoms with E-state index in [0.717, 1.165) is 0 Å². The molecule has 0 spiro atoms. The van der Waals surface area contributed by atoms with Gasteiger partial charge in [0.2, 0.25) is 0 Å². The number of hydrogen-bond donors (Lipinski definition) is 0. The first-order chi connectivity index (χ1) is 2.00. The van der Waals surface area contributed by atoms with Crippen LogP contribution in [0.15, 0.2) is 0 Å². The first-order valence-corrected chi connectivity index (χ1v) is 3.94. The van der Waals surface area contributed by atoms with E-state index in [-0.39, 0.29) is 70.1 Å². The summed E-state index contributed by atoms with van der Waals surface area (Å²) in [5, 5.41) is 0. The van der Waals surface area contributed by atoms with Crippen LogP contribution >= 0.6 is 0 Å². The Bertz CT molecular complexity index is 94.2. The standard InChI is InChI=1S/Mo.2Na.2H2O.4O/h;;;2*1H2;;;;/q;2*+1;;;;;2*-1. The van der Waals surface area contributed by atoms with Gasteiger partial charge in [-0.25, -0.2) is 0 Å². The van der Waals surface area contributed by atoms with Crippen LogP contribution in [0.4, 0.5) is 0 Å². The molecule has 0 aliphatic carbocycles. The topological polar surface area (TPSA) is 143 Å². The van der Waals surface area contributed by atoms with Gasteiger partial charge in [-0.3, -0.25) is 0 Å². The quantitative estimate of drug-likeness (QED) is 0.388. The fraction of sp³-hybridized carbons (Fsp3) is 0. The monoisotopic (exact) mass is 244 g/mol. The summed E-state index contributed by atoms with van der Waals surface area (Å²) in [7, 11) is 0. The van der Waals surface area contributed by atoms with Crippen molar-refractivity contribution in [2.75, 3.05) is 0 Å². The van der Waals surface area contributed by atoms with E-state index in [2.05, 4.69) is 0 Å². The van der Waals surface area contributed by atoms with E-state index in [1.165, 1.54) is 0 Å². The van der Waals surface area contributed by atoms with E-state index in [4.69, 9.17) is 14.3 Å². The molecule has 0 radical (unpaired) electrons. The number of hydrogen-bond acceptors (Lipinski definition) is 4. The van der Waals surface area contributed by atoms with Gasteiger partial charge in [0.15, 0.2) is 0 Å². The van der Waals surface area contributed by atoms with Gasteiger partial charge in [0, 0.05) is 0 Å². The summed E-state index contributed by atoms with van der Waals surface area (Å²) < 4.78 is 34.5. The molecule has 0 aliphatic rings. The second-order valence-corrected chi connectivity index (χ2v) is 2.42. The SMILES string of the molecule is O.O.[Na+].[Na+].[O]=[Mo](=[O])([O-])[O-]. The third-order valence-corrected chi connectivity index (χ3v) is 0. The van der Waals surface area contributed by atoms with Crippen molar-refractivity contribution in [1.82, 2.24) is 0 Å². The molecule has 0 aromatic rings. The molecule has 0 bridgehead atoms. The van der Waals surface area contributed by atoms with Crippen molar-refractivity contribution in [2.24, 2.45) is 0 Å². The Morgan fingerprint density at radius 2 is 0.889 bits per heavy atom. The van der Waals surface area contributed by atoms with Crippen molar-refractivity contribution in [1.29, 1.82) is 0 Å². The average Bonchev–Trinajstić information content (AvgIpc) is 0.722. The molecular weight excluding hydrogens is 238 g/mol. The van der Waals surface area contributed by atoms with Crippen LogP contribution < -0.4 is 66.6 Å². The van der Waals surface area contributed by atoms with Crippen LogP contribution in [-0.4, -0.2) is 11.0 Å². The number of rotatable bonds is 0. The van der Waals surface area contributed by atoms with E-state index in [0.29, 0.717) is 0 Å². The molecule has 0 fully saturated rings. The third kappa shape index (κ3) is 148. The molecule has 0 aromatic carbocycles. The Morgan fingerprint density at radius 1 is 0.889 bits per heavy atom. The van der Waals surface area contributed by atoms with Gasteiger partial charge < -0.3 is 11.0 Å². The van der Waals surface area contributed by atoms with Crippen LogP contribution in [-0.2, 0) is 23.5 Å². The summed E-state index contributed by atoms with van der Waals surface area (Å²) >= 11 is -6.02. The van der Waals surface area contributed by atoms with Crippen LogP contribution in [0.25, 0.3) is 0 Å². The van der Waals surface area contributed by atoms with Gasteiger partial charge in [-0.15, -0.1) is 0 Å². The molecule has 9 heavy (non-hydrogen) atoms. The second-order valence-electron chi connectivity index (χ2n) is 0.408. The molecule has 9 heteroatoms. The van der Waals surface area contributed by atoms with Crippen LogP contribution in [0.1, 0.15) is 0 Å². The Balaban J connectivity index is -0.0000000133. The van der Waals surface area contributed by atoms with Crippen LogP contribution in [0, 0.1) is 0 Å². The minimum absolute atomic E-state index is 0. The predicted octanol–water partition coefficient (Wildman–Crippen LogP) is -10.3. The van der Waals surface area contributed by atoms with Crippen molar-refractivity contribution in [3.63, 3.8) is 0 Å². The molecule has 0 saturated heterocycles. The molecule has 0 aromatic heterocycles. The van der Waals surface area contributed by atoms with Gasteiger partial charge in [0.1, 0.15) is 0 Å². The summed E-state index contributed by atoms with van der Waals surface area (Å²) in [6.45, 7) is 0. The Hall–Kier alpha value is 2.13. The molecule has 0 aliphatic heterocycles. The maximum atomic E-state index is 8.63. The van der Waals surface area contributed by atoms with Crippen molar-refractivity contribution in [2.45, 2.75) is 0 Å². The zero-order chi connectivity index (χ0) is 4.50. The Morgan fingerprint density at radius 3 is 0.889 bits per heavy atom. The maximum absolute atomic E-state index is 8.63. The first kappa shape index (κ1) is 30.4. The van der Waals surface area contributed by atoms with E-state index >= 15 is 0 Å². The summed E-state index contributed by atoms with van der Waals surface area (Å²) in [5.74, 6) is 0. The molecule has 0 rings (SSSR count). The molecule has 6 nitrogen and oxygen atoms in total. The summed E-state index contributed by atoms with van der Waals surface area (Å²) in [6, 6.07) is 0. The molecule has 0 unspecified atom stereocenters. The van der Waals surface area contributed by atoms with Crippen LogP contribution in [0.5, 0.6) is 0 Å². The summed E-state index contributed by atoms with van der Waals surface area (Å²) in [5.41, 5.74) is 0. The first-order valence-electron chi connectivity index (χ1n) is 0.667. The molecule has 4 N–H and O–H groups in total. The average molecular weight is 242 g/mol. The third-order valence-electron chi connectivity index (χ3n) is 0. The van der Waals surface area contributed by atoms with Gasteiger partial charge in [0.05, 0.1) is 0 Å². The Kier molecular flexibility index (Phi) is 43.1. The Labute approximate surface area is 99.6 Å². The molecule has 48 valence electrons. The molecular formula is H4MoNa2O6. The van der Waals surface area contributed by atoms with Crippen LogP contribution in [0.2, 0.25) is 0 Å². The fourth-order valence-electron chi connectivity index (χ4n) is 0. The summed E-state index contributed by atoms with van der Waals surface area (Å²) in [4.78, 5) is 0. The zero-order valence-corrected chi connectivity index (χ0v) is 11.0. The van der Waals surface area contributed by atoms with Gasteiger partial charge in [-0.2, -0.15) is 0 Å². The molecule has 0 saturated carbocycles. The predicted molar refractivity (Wildman–Crippen MR) is 8.60 cm³/mol. The van der Waals surface area contributed by atoms with Gasteiger partial charge >= 0.3 is 90.2 Å². The molecule has 0 amide bonds. The minimum atomic E-state index is -6.02. The van der Waals surface area contributed by atoms with E-state index in [9.17, 15) is 0 Å². The van der Waals surface area contributed by atoms with Crippen LogP contribution in [0.3, 0.4) is 0 Å². The van der Waals surface area contributed by atoms with Crippen molar-refractivity contribution < 1.29 is 101 Å². The second kappa shape index (κ2) is 12.8.